The van der Waals surface area contributed by atoms with Crippen molar-refractivity contribution in [2.24, 2.45) is 0 Å². The van der Waals surface area contributed by atoms with Crippen LogP contribution in [-0.2, 0) is 19.6 Å². The van der Waals surface area contributed by atoms with Gasteiger partial charge in [0.25, 0.3) is 0 Å². The Hall–Kier alpha value is -0.660. The monoisotopic (exact) mass is 294 g/mol. The van der Waals surface area contributed by atoms with Crippen LogP contribution < -0.4 is 4.72 Å². The predicted octanol–water partition coefficient (Wildman–Crippen LogP) is 0.589. The Morgan fingerprint density at radius 3 is 2.37 bits per heavy atom. The van der Waals surface area contributed by atoms with Crippen LogP contribution in [0.1, 0.15) is 33.6 Å². The second-order valence-corrected chi connectivity index (χ2v) is 6.38. The molecule has 1 unspecified atom stereocenters. The molecular formula is C12H26N2O4S. The SMILES string of the molecule is CCN(CC)CC(C)NS(=O)(=O)CCCC(=O)OC. The molecule has 0 aliphatic carbocycles. The number of nitrogens with zero attached hydrogens (tertiary/aromatic N) is 1. The lowest BCUT2D eigenvalue weighted by molar-refractivity contribution is -0.140. The molecule has 0 aromatic carbocycles. The molecule has 19 heavy (non-hydrogen) atoms. The van der Waals surface area contributed by atoms with E-state index in [1.54, 1.807) is 0 Å². The Morgan fingerprint density at radius 2 is 1.89 bits per heavy atom. The van der Waals surface area contributed by atoms with E-state index in [1.165, 1.54) is 7.11 Å². The fourth-order valence-electron chi connectivity index (χ4n) is 1.78. The molecule has 0 heterocycles. The lowest BCUT2D eigenvalue weighted by atomic mass is 10.3. The van der Waals surface area contributed by atoms with E-state index in [1.807, 2.05) is 20.8 Å². The number of nitrogens with one attached hydrogen (secondary N) is 1. The minimum Gasteiger partial charge on any atom is -0.469 e. The van der Waals surface area contributed by atoms with Gasteiger partial charge in [0.1, 0.15) is 0 Å². The van der Waals surface area contributed by atoms with Gasteiger partial charge >= 0.3 is 5.97 Å². The van der Waals surface area contributed by atoms with Crippen molar-refractivity contribution in [1.82, 2.24) is 9.62 Å². The summed E-state index contributed by atoms with van der Waals surface area (Å²) in [5.41, 5.74) is 0. The molecule has 0 aliphatic heterocycles. The molecule has 6 nitrogen and oxygen atoms in total. The Bertz CT molecular complexity index is 353. The van der Waals surface area contributed by atoms with Gasteiger partial charge in [0.15, 0.2) is 0 Å². The van der Waals surface area contributed by atoms with Gasteiger partial charge in [0, 0.05) is 19.0 Å². The number of esters is 1. The van der Waals surface area contributed by atoms with Crippen molar-refractivity contribution in [3.8, 4) is 0 Å². The Balaban J connectivity index is 4.10. The maximum atomic E-state index is 11.8. The first kappa shape index (κ1) is 18.3. The second-order valence-electron chi connectivity index (χ2n) is 4.50. The molecule has 0 rings (SSSR count). The normalized spacial score (nSPS) is 13.5. The van der Waals surface area contributed by atoms with Gasteiger partial charge in [-0.1, -0.05) is 13.8 Å². The number of rotatable bonds is 10. The summed E-state index contributed by atoms with van der Waals surface area (Å²) in [5.74, 6) is -0.434. The largest absolute Gasteiger partial charge is 0.469 e. The van der Waals surface area contributed by atoms with E-state index >= 15 is 0 Å². The maximum Gasteiger partial charge on any atom is 0.305 e. The molecule has 1 atom stereocenters. The van der Waals surface area contributed by atoms with Crippen LogP contribution in [0.15, 0.2) is 0 Å². The molecule has 0 aromatic heterocycles. The quantitative estimate of drug-likeness (QED) is 0.597. The van der Waals surface area contributed by atoms with Crippen LogP contribution in [0.2, 0.25) is 0 Å². The predicted molar refractivity (Wildman–Crippen MR) is 75.4 cm³/mol. The standard InChI is InChI=1S/C12H26N2O4S/c1-5-14(6-2)10-11(3)13-19(16,17)9-7-8-12(15)18-4/h11,13H,5-10H2,1-4H3. The summed E-state index contributed by atoms with van der Waals surface area (Å²) >= 11 is 0. The van der Waals surface area contributed by atoms with Crippen molar-refractivity contribution in [3.05, 3.63) is 0 Å². The van der Waals surface area contributed by atoms with Gasteiger partial charge in [-0.3, -0.25) is 4.79 Å². The number of carbonyl (C=O) groups is 1. The first-order valence-corrected chi connectivity index (χ1v) is 8.29. The molecule has 7 heteroatoms. The third-order valence-corrected chi connectivity index (χ3v) is 4.42. The number of ether oxygens (including phenoxy) is 1. The minimum absolute atomic E-state index is 0.0509. The lowest BCUT2D eigenvalue weighted by Crippen LogP contribution is -2.42. The van der Waals surface area contributed by atoms with E-state index in [9.17, 15) is 13.2 Å². The second kappa shape index (κ2) is 9.28. The molecule has 0 aliphatic rings. The zero-order valence-electron chi connectivity index (χ0n) is 12.3. The highest BCUT2D eigenvalue weighted by Gasteiger charge is 2.16. The molecule has 0 radical (unpaired) electrons. The number of methoxy groups -OCH3 is 1. The van der Waals surface area contributed by atoms with Gasteiger partial charge in [-0.15, -0.1) is 0 Å². The Kier molecular flexibility index (Phi) is 8.95. The highest BCUT2D eigenvalue weighted by Crippen LogP contribution is 1.99. The van der Waals surface area contributed by atoms with E-state index in [4.69, 9.17) is 0 Å². The molecule has 0 bridgehead atoms. The Labute approximate surface area is 116 Å². The summed E-state index contributed by atoms with van der Waals surface area (Å²) in [6.45, 7) is 8.40. The molecule has 0 aromatic rings. The van der Waals surface area contributed by atoms with Crippen LogP contribution in [0, 0.1) is 0 Å². The smallest absolute Gasteiger partial charge is 0.305 e. The average molecular weight is 294 g/mol. The molecular weight excluding hydrogens is 268 g/mol. The van der Waals surface area contributed by atoms with E-state index in [0.29, 0.717) is 6.54 Å². The third-order valence-electron chi connectivity index (χ3n) is 2.83. The highest BCUT2D eigenvalue weighted by atomic mass is 32.2. The Morgan fingerprint density at radius 1 is 1.32 bits per heavy atom. The van der Waals surface area contributed by atoms with Crippen molar-refractivity contribution >= 4 is 16.0 Å². The first-order valence-electron chi connectivity index (χ1n) is 6.63. The van der Waals surface area contributed by atoms with Gasteiger partial charge in [0.2, 0.25) is 10.0 Å². The van der Waals surface area contributed by atoms with Crippen LogP contribution >= 0.6 is 0 Å². The van der Waals surface area contributed by atoms with Gasteiger partial charge < -0.3 is 9.64 Å². The van der Waals surface area contributed by atoms with Crippen molar-refractivity contribution in [1.29, 1.82) is 0 Å². The van der Waals surface area contributed by atoms with Crippen LogP contribution in [0.4, 0.5) is 0 Å². The summed E-state index contributed by atoms with van der Waals surface area (Å²) in [6, 6.07) is -0.136. The van der Waals surface area contributed by atoms with E-state index in [2.05, 4.69) is 14.4 Å². The number of sulfonamides is 1. The van der Waals surface area contributed by atoms with Crippen molar-refractivity contribution in [2.75, 3.05) is 32.5 Å². The fraction of sp³-hybridized carbons (Fsp3) is 0.917. The summed E-state index contributed by atoms with van der Waals surface area (Å²) in [5, 5.41) is 0. The third kappa shape index (κ3) is 8.96. The highest BCUT2D eigenvalue weighted by molar-refractivity contribution is 7.89. The minimum atomic E-state index is -3.33. The number of likely N-dealkylation sites (N-methyl/N-ethyl adjacent to an activating group) is 1. The topological polar surface area (TPSA) is 75.7 Å². The summed E-state index contributed by atoms with van der Waals surface area (Å²) < 4.78 is 30.7. The van der Waals surface area contributed by atoms with Crippen molar-refractivity contribution in [3.63, 3.8) is 0 Å². The van der Waals surface area contributed by atoms with Gasteiger partial charge in [0.05, 0.1) is 12.9 Å². The number of hydrogen-bond donors (Lipinski definition) is 1. The fourth-order valence-corrected chi connectivity index (χ4v) is 3.11. The first-order chi connectivity index (χ1) is 8.84. The lowest BCUT2D eigenvalue weighted by Gasteiger charge is -2.23. The van der Waals surface area contributed by atoms with E-state index < -0.39 is 10.0 Å². The van der Waals surface area contributed by atoms with Gasteiger partial charge in [-0.05, 0) is 26.4 Å². The van der Waals surface area contributed by atoms with Crippen molar-refractivity contribution < 1.29 is 17.9 Å². The van der Waals surface area contributed by atoms with Crippen LogP contribution in [0.3, 0.4) is 0 Å². The van der Waals surface area contributed by atoms with Crippen LogP contribution in [0.5, 0.6) is 0 Å². The molecule has 0 amide bonds. The average Bonchev–Trinajstić information content (AvgIpc) is 2.34. The summed E-state index contributed by atoms with van der Waals surface area (Å²) in [4.78, 5) is 13.1. The van der Waals surface area contributed by atoms with Crippen LogP contribution in [-0.4, -0.2) is 57.8 Å². The van der Waals surface area contributed by atoms with Gasteiger partial charge in [-0.2, -0.15) is 0 Å². The molecule has 1 N–H and O–H groups in total. The zero-order chi connectivity index (χ0) is 14.9. The molecule has 0 fully saturated rings. The molecule has 114 valence electrons. The van der Waals surface area contributed by atoms with Gasteiger partial charge in [-0.25, -0.2) is 13.1 Å². The van der Waals surface area contributed by atoms with E-state index in [0.717, 1.165) is 13.1 Å². The van der Waals surface area contributed by atoms with Crippen molar-refractivity contribution in [2.45, 2.75) is 39.7 Å². The number of carbonyl (C=O) groups excluding carboxylic acids is 1. The molecule has 0 saturated heterocycles. The maximum absolute atomic E-state index is 11.8. The zero-order valence-corrected chi connectivity index (χ0v) is 13.1. The summed E-state index contributed by atoms with van der Waals surface area (Å²) in [6.07, 6.45) is 0.405. The van der Waals surface area contributed by atoms with Crippen LogP contribution in [0.25, 0.3) is 0 Å². The molecule has 0 spiro atoms. The number of hydrogen-bond acceptors (Lipinski definition) is 5. The molecule has 0 saturated carbocycles. The summed E-state index contributed by atoms with van der Waals surface area (Å²) in [7, 11) is -2.04. The van der Waals surface area contributed by atoms with E-state index in [-0.39, 0.29) is 30.6 Å².